The number of rotatable bonds is 3. The molecule has 0 bridgehead atoms. The van der Waals surface area contributed by atoms with Crippen molar-refractivity contribution in [2.75, 3.05) is 5.32 Å². The Balaban J connectivity index is 2.27. The molecule has 1 amide bonds. The predicted molar refractivity (Wildman–Crippen MR) is 71.1 cm³/mol. The molecule has 2 rings (SSSR count). The van der Waals surface area contributed by atoms with Crippen molar-refractivity contribution in [1.29, 1.82) is 0 Å². The summed E-state index contributed by atoms with van der Waals surface area (Å²) in [4.78, 5) is 22.7. The van der Waals surface area contributed by atoms with E-state index in [4.69, 9.17) is 10.2 Å². The normalized spacial score (nSPS) is 10.1. The fraction of sp³-hybridized carbons (Fsp3) is 0. The van der Waals surface area contributed by atoms with Crippen molar-refractivity contribution in [2.24, 2.45) is 0 Å². The highest BCUT2D eigenvalue weighted by Gasteiger charge is 2.15. The van der Waals surface area contributed by atoms with E-state index in [-0.39, 0.29) is 22.6 Å². The number of phenolic OH excluding ortho intramolecular Hbond substituents is 1. The summed E-state index contributed by atoms with van der Waals surface area (Å²) < 4.78 is 13.5. The molecule has 0 aliphatic rings. The maximum absolute atomic E-state index is 13.5. The fourth-order valence-corrected chi connectivity index (χ4v) is 1.67. The number of carboxylic acids is 1. The first-order valence-electron chi connectivity index (χ1n) is 5.74. The van der Waals surface area contributed by atoms with Gasteiger partial charge in [0.15, 0.2) is 0 Å². The third-order valence-electron chi connectivity index (χ3n) is 2.68. The SMILES string of the molecule is O=C(O)c1cc(NC(=O)c2ccc(O)cc2F)ccc1O. The van der Waals surface area contributed by atoms with Gasteiger partial charge in [-0.2, -0.15) is 0 Å². The highest BCUT2D eigenvalue weighted by atomic mass is 19.1. The van der Waals surface area contributed by atoms with Crippen LogP contribution in [0.15, 0.2) is 36.4 Å². The maximum Gasteiger partial charge on any atom is 0.339 e. The molecule has 4 N–H and O–H groups in total. The molecule has 0 spiro atoms. The summed E-state index contributed by atoms with van der Waals surface area (Å²) in [5, 5.41) is 29.6. The third-order valence-corrected chi connectivity index (χ3v) is 2.68. The molecular formula is C14H10FNO5. The van der Waals surface area contributed by atoms with E-state index in [1.165, 1.54) is 6.07 Å². The minimum atomic E-state index is -1.36. The second kappa shape index (κ2) is 5.49. The lowest BCUT2D eigenvalue weighted by atomic mass is 10.1. The average Bonchev–Trinajstić information content (AvgIpc) is 2.40. The minimum Gasteiger partial charge on any atom is -0.508 e. The Hall–Kier alpha value is -3.09. The van der Waals surface area contributed by atoms with Gasteiger partial charge < -0.3 is 20.6 Å². The van der Waals surface area contributed by atoms with Crippen molar-refractivity contribution >= 4 is 17.6 Å². The molecule has 0 heterocycles. The van der Waals surface area contributed by atoms with Crippen LogP contribution in [0, 0.1) is 5.82 Å². The van der Waals surface area contributed by atoms with E-state index in [9.17, 15) is 19.1 Å². The zero-order valence-corrected chi connectivity index (χ0v) is 10.5. The number of anilines is 1. The predicted octanol–water partition coefficient (Wildman–Crippen LogP) is 2.19. The van der Waals surface area contributed by atoms with Crippen LogP contribution in [-0.4, -0.2) is 27.2 Å². The number of carbonyl (C=O) groups excluding carboxylic acids is 1. The summed E-state index contributed by atoms with van der Waals surface area (Å²) in [6.45, 7) is 0. The third kappa shape index (κ3) is 3.08. The first kappa shape index (κ1) is 14.3. The van der Waals surface area contributed by atoms with Crippen LogP contribution in [0.2, 0.25) is 0 Å². The van der Waals surface area contributed by atoms with Gasteiger partial charge in [-0.3, -0.25) is 4.79 Å². The van der Waals surface area contributed by atoms with Crippen LogP contribution < -0.4 is 5.32 Å². The lowest BCUT2D eigenvalue weighted by molar-refractivity contribution is 0.0693. The standard InChI is InChI=1S/C14H10FNO5/c15-11-6-8(17)2-3-9(11)13(19)16-7-1-4-12(18)10(5-7)14(20)21/h1-6,17-18H,(H,16,19)(H,20,21). The number of hydrogen-bond acceptors (Lipinski definition) is 4. The van der Waals surface area contributed by atoms with Gasteiger partial charge in [0.1, 0.15) is 22.9 Å². The Morgan fingerprint density at radius 3 is 2.33 bits per heavy atom. The highest BCUT2D eigenvalue weighted by molar-refractivity contribution is 6.05. The number of nitrogens with one attached hydrogen (secondary N) is 1. The van der Waals surface area contributed by atoms with Gasteiger partial charge in [-0.25, -0.2) is 9.18 Å². The van der Waals surface area contributed by atoms with Crippen molar-refractivity contribution in [3.05, 3.63) is 53.3 Å². The number of hydrogen-bond donors (Lipinski definition) is 4. The van der Waals surface area contributed by atoms with E-state index < -0.39 is 23.4 Å². The van der Waals surface area contributed by atoms with E-state index in [1.54, 1.807) is 0 Å². The summed E-state index contributed by atoms with van der Waals surface area (Å²) in [7, 11) is 0. The summed E-state index contributed by atoms with van der Waals surface area (Å²) in [6, 6.07) is 6.46. The molecule has 0 radical (unpaired) electrons. The van der Waals surface area contributed by atoms with Crippen LogP contribution >= 0.6 is 0 Å². The topological polar surface area (TPSA) is 107 Å². The molecule has 108 valence electrons. The van der Waals surface area contributed by atoms with Crippen molar-refractivity contribution in [1.82, 2.24) is 0 Å². The summed E-state index contributed by atoms with van der Waals surface area (Å²) in [6.07, 6.45) is 0. The molecular weight excluding hydrogens is 281 g/mol. The molecule has 0 aromatic heterocycles. The molecule has 0 atom stereocenters. The molecule has 0 unspecified atom stereocenters. The summed E-state index contributed by atoms with van der Waals surface area (Å²) in [5.41, 5.74) is -0.612. The second-order valence-electron chi connectivity index (χ2n) is 4.16. The van der Waals surface area contributed by atoms with Gasteiger partial charge in [0.05, 0.1) is 5.56 Å². The molecule has 0 fully saturated rings. The van der Waals surface area contributed by atoms with Crippen LogP contribution in [0.3, 0.4) is 0 Å². The van der Waals surface area contributed by atoms with Crippen LogP contribution in [0.5, 0.6) is 11.5 Å². The minimum absolute atomic E-state index is 0.0858. The first-order chi connectivity index (χ1) is 9.88. The van der Waals surface area contributed by atoms with Gasteiger partial charge >= 0.3 is 5.97 Å². The zero-order chi connectivity index (χ0) is 15.6. The lowest BCUT2D eigenvalue weighted by Gasteiger charge is -2.08. The van der Waals surface area contributed by atoms with Crippen molar-refractivity contribution in [3.63, 3.8) is 0 Å². The summed E-state index contributed by atoms with van der Waals surface area (Å²) >= 11 is 0. The first-order valence-corrected chi connectivity index (χ1v) is 5.74. The maximum atomic E-state index is 13.5. The molecule has 6 nitrogen and oxygen atoms in total. The number of halogens is 1. The van der Waals surface area contributed by atoms with Gasteiger partial charge in [0, 0.05) is 11.8 Å². The molecule has 2 aromatic rings. The Kier molecular flexibility index (Phi) is 3.75. The Morgan fingerprint density at radius 1 is 1.00 bits per heavy atom. The molecule has 0 aliphatic heterocycles. The van der Waals surface area contributed by atoms with E-state index >= 15 is 0 Å². The Morgan fingerprint density at radius 2 is 1.71 bits per heavy atom. The van der Waals surface area contributed by atoms with Crippen molar-refractivity contribution in [2.45, 2.75) is 0 Å². The monoisotopic (exact) mass is 291 g/mol. The molecule has 21 heavy (non-hydrogen) atoms. The molecule has 2 aromatic carbocycles. The molecule has 0 saturated heterocycles. The number of amides is 1. The fourth-order valence-electron chi connectivity index (χ4n) is 1.67. The van der Waals surface area contributed by atoms with Gasteiger partial charge in [0.2, 0.25) is 0 Å². The van der Waals surface area contributed by atoms with Crippen LogP contribution in [0.1, 0.15) is 20.7 Å². The zero-order valence-electron chi connectivity index (χ0n) is 10.5. The second-order valence-corrected chi connectivity index (χ2v) is 4.16. The van der Waals surface area contributed by atoms with Crippen molar-refractivity contribution in [3.8, 4) is 11.5 Å². The van der Waals surface area contributed by atoms with Gasteiger partial charge in [-0.15, -0.1) is 0 Å². The number of carbonyl (C=O) groups is 2. The number of aromatic carboxylic acids is 1. The van der Waals surface area contributed by atoms with Crippen LogP contribution in [0.4, 0.5) is 10.1 Å². The Labute approximate surface area is 118 Å². The number of benzene rings is 2. The summed E-state index contributed by atoms with van der Waals surface area (Å²) in [5.74, 6) is -3.85. The Bertz CT molecular complexity index is 729. The number of phenols is 2. The lowest BCUT2D eigenvalue weighted by Crippen LogP contribution is -2.14. The largest absolute Gasteiger partial charge is 0.508 e. The molecule has 0 saturated carbocycles. The molecule has 7 heteroatoms. The number of carboxylic acid groups (broad SMARTS) is 1. The van der Waals surface area contributed by atoms with E-state index in [0.29, 0.717) is 0 Å². The number of aromatic hydroxyl groups is 2. The van der Waals surface area contributed by atoms with Gasteiger partial charge in [-0.1, -0.05) is 0 Å². The van der Waals surface area contributed by atoms with E-state index in [2.05, 4.69) is 5.32 Å². The molecule has 0 aliphatic carbocycles. The quantitative estimate of drug-likeness (QED) is 0.648. The highest BCUT2D eigenvalue weighted by Crippen LogP contribution is 2.22. The smallest absolute Gasteiger partial charge is 0.339 e. The average molecular weight is 291 g/mol. The van der Waals surface area contributed by atoms with E-state index in [0.717, 1.165) is 30.3 Å². The van der Waals surface area contributed by atoms with E-state index in [1.807, 2.05) is 0 Å². The van der Waals surface area contributed by atoms with Crippen LogP contribution in [-0.2, 0) is 0 Å². The van der Waals surface area contributed by atoms with Crippen molar-refractivity contribution < 1.29 is 29.3 Å². The van der Waals surface area contributed by atoms with Crippen LogP contribution in [0.25, 0.3) is 0 Å². The van der Waals surface area contributed by atoms with Gasteiger partial charge in [0.25, 0.3) is 5.91 Å². The van der Waals surface area contributed by atoms with Gasteiger partial charge in [-0.05, 0) is 30.3 Å².